The molecule has 0 saturated carbocycles. The zero-order valence-corrected chi connectivity index (χ0v) is 7.22. The van der Waals surface area contributed by atoms with Gasteiger partial charge in [-0.15, -0.1) is 5.92 Å². The second kappa shape index (κ2) is 7.12. The van der Waals surface area contributed by atoms with Crippen LogP contribution in [0, 0.1) is 23.2 Å². The molecular weight excluding hydrogens is 136 g/mol. The van der Waals surface area contributed by atoms with Crippen LogP contribution in [0.3, 0.4) is 0 Å². The molecule has 0 unspecified atom stereocenters. The molecule has 0 heterocycles. The van der Waals surface area contributed by atoms with Crippen LogP contribution < -0.4 is 0 Å². The summed E-state index contributed by atoms with van der Waals surface area (Å²) < 4.78 is 0. The second-order valence-electron chi connectivity index (χ2n) is 2.30. The molecule has 0 fully saturated rings. The molecule has 0 spiro atoms. The third-order valence-corrected chi connectivity index (χ3v) is 1.31. The Morgan fingerprint density at radius 2 is 2.09 bits per heavy atom. The van der Waals surface area contributed by atoms with E-state index < -0.39 is 0 Å². The first-order chi connectivity index (χ1) is 5.35. The zero-order valence-electron chi connectivity index (χ0n) is 7.22. The average Bonchev–Trinajstić information content (AvgIpc) is 2.01. The number of rotatable bonds is 4. The number of hydrogen-bond acceptors (Lipinski definition) is 2. The van der Waals surface area contributed by atoms with E-state index in [4.69, 9.17) is 5.26 Å². The molecule has 0 N–H and O–H groups in total. The fourth-order valence-electron chi connectivity index (χ4n) is 0.821. The topological polar surface area (TPSA) is 27.0 Å². The quantitative estimate of drug-likeness (QED) is 0.445. The normalized spacial score (nSPS) is 8.55. The van der Waals surface area contributed by atoms with Gasteiger partial charge in [0.1, 0.15) is 0 Å². The van der Waals surface area contributed by atoms with Crippen molar-refractivity contribution in [1.82, 2.24) is 4.90 Å². The molecule has 0 aromatic rings. The largest absolute Gasteiger partial charge is 0.279 e. The van der Waals surface area contributed by atoms with Gasteiger partial charge in [0.15, 0.2) is 0 Å². The van der Waals surface area contributed by atoms with E-state index in [9.17, 15) is 0 Å². The van der Waals surface area contributed by atoms with Gasteiger partial charge in [0, 0.05) is 0 Å². The standard InChI is InChI=1S/C9H14N2/c1-3-5-8-11(7-4-2)9-6-10/h4,7-9H2,1-2H3. The molecule has 0 aliphatic carbocycles. The van der Waals surface area contributed by atoms with Gasteiger partial charge in [-0.1, -0.05) is 12.8 Å². The summed E-state index contributed by atoms with van der Waals surface area (Å²) in [4.78, 5) is 2.04. The number of nitrogens with zero attached hydrogens (tertiary/aromatic N) is 2. The Morgan fingerprint density at radius 3 is 2.55 bits per heavy atom. The first-order valence-corrected chi connectivity index (χ1v) is 3.84. The Balaban J connectivity index is 3.67. The zero-order chi connectivity index (χ0) is 8.53. The molecule has 60 valence electrons. The minimum Gasteiger partial charge on any atom is -0.279 e. The third-order valence-electron chi connectivity index (χ3n) is 1.31. The maximum Gasteiger partial charge on any atom is 0.0873 e. The predicted octanol–water partition coefficient (Wildman–Crippen LogP) is 1.25. The molecule has 0 aromatic carbocycles. The van der Waals surface area contributed by atoms with Crippen molar-refractivity contribution >= 4 is 0 Å². The lowest BCUT2D eigenvalue weighted by atomic mass is 10.4. The minimum absolute atomic E-state index is 0.489. The first-order valence-electron chi connectivity index (χ1n) is 3.84. The molecule has 0 atom stereocenters. The van der Waals surface area contributed by atoms with E-state index in [1.54, 1.807) is 0 Å². The summed E-state index contributed by atoms with van der Waals surface area (Å²) in [5.74, 6) is 5.76. The molecular formula is C9H14N2. The Bertz CT molecular complexity index is 180. The van der Waals surface area contributed by atoms with Gasteiger partial charge in [-0.05, 0) is 19.9 Å². The van der Waals surface area contributed by atoms with Gasteiger partial charge in [0.25, 0.3) is 0 Å². The van der Waals surface area contributed by atoms with E-state index in [-0.39, 0.29) is 0 Å². The van der Waals surface area contributed by atoms with Crippen LogP contribution in [0.5, 0.6) is 0 Å². The molecule has 0 saturated heterocycles. The van der Waals surface area contributed by atoms with Crippen molar-refractivity contribution in [3.8, 4) is 17.9 Å². The Morgan fingerprint density at radius 1 is 1.36 bits per heavy atom. The third kappa shape index (κ3) is 5.45. The van der Waals surface area contributed by atoms with Crippen LogP contribution in [0.25, 0.3) is 0 Å². The Labute approximate surface area is 68.8 Å². The van der Waals surface area contributed by atoms with Gasteiger partial charge in [0.2, 0.25) is 0 Å². The van der Waals surface area contributed by atoms with E-state index >= 15 is 0 Å². The van der Waals surface area contributed by atoms with Gasteiger partial charge in [-0.25, -0.2) is 0 Å². The van der Waals surface area contributed by atoms with Gasteiger partial charge in [-0.3, -0.25) is 4.90 Å². The van der Waals surface area contributed by atoms with Gasteiger partial charge < -0.3 is 0 Å². The highest BCUT2D eigenvalue weighted by Gasteiger charge is 1.98. The summed E-state index contributed by atoms with van der Waals surface area (Å²) in [5.41, 5.74) is 0. The summed E-state index contributed by atoms with van der Waals surface area (Å²) in [6.07, 6.45) is 1.08. The van der Waals surface area contributed by atoms with E-state index in [0.717, 1.165) is 19.5 Å². The van der Waals surface area contributed by atoms with Crippen molar-refractivity contribution < 1.29 is 0 Å². The van der Waals surface area contributed by atoms with Crippen LogP contribution in [0.4, 0.5) is 0 Å². The molecule has 0 amide bonds. The van der Waals surface area contributed by atoms with Crippen molar-refractivity contribution in [1.29, 1.82) is 5.26 Å². The van der Waals surface area contributed by atoms with Gasteiger partial charge in [-0.2, -0.15) is 5.26 Å². The number of hydrogen-bond donors (Lipinski definition) is 0. The van der Waals surface area contributed by atoms with Crippen LogP contribution >= 0.6 is 0 Å². The van der Waals surface area contributed by atoms with Crippen molar-refractivity contribution in [2.75, 3.05) is 19.6 Å². The predicted molar refractivity (Wildman–Crippen MR) is 45.8 cm³/mol. The highest BCUT2D eigenvalue weighted by Crippen LogP contribution is 1.88. The first kappa shape index (κ1) is 10.0. The maximum atomic E-state index is 8.42. The molecule has 0 radical (unpaired) electrons. The van der Waals surface area contributed by atoms with Gasteiger partial charge in [0.05, 0.1) is 19.2 Å². The molecule has 2 heteroatoms. The summed E-state index contributed by atoms with van der Waals surface area (Å²) in [7, 11) is 0. The van der Waals surface area contributed by atoms with Crippen LogP contribution in [0.2, 0.25) is 0 Å². The molecule has 11 heavy (non-hydrogen) atoms. The van der Waals surface area contributed by atoms with Crippen LogP contribution in [0.15, 0.2) is 0 Å². The van der Waals surface area contributed by atoms with Crippen molar-refractivity contribution in [3.05, 3.63) is 0 Å². The Kier molecular flexibility index (Phi) is 6.48. The van der Waals surface area contributed by atoms with Crippen molar-refractivity contribution in [3.63, 3.8) is 0 Å². The van der Waals surface area contributed by atoms with Crippen LogP contribution in [-0.2, 0) is 0 Å². The fourth-order valence-corrected chi connectivity index (χ4v) is 0.821. The summed E-state index contributed by atoms with van der Waals surface area (Å²) >= 11 is 0. The highest BCUT2D eigenvalue weighted by atomic mass is 15.1. The Hall–Kier alpha value is -0.990. The molecule has 0 bridgehead atoms. The van der Waals surface area contributed by atoms with E-state index in [1.807, 2.05) is 11.8 Å². The molecule has 0 aromatic heterocycles. The lowest BCUT2D eigenvalue weighted by Gasteiger charge is -2.13. The number of nitriles is 1. The highest BCUT2D eigenvalue weighted by molar-refractivity contribution is 4.98. The van der Waals surface area contributed by atoms with Gasteiger partial charge >= 0.3 is 0 Å². The summed E-state index contributed by atoms with van der Waals surface area (Å²) in [6.45, 7) is 6.09. The lowest BCUT2D eigenvalue weighted by molar-refractivity contribution is 0.344. The molecule has 2 nitrogen and oxygen atoms in total. The maximum absolute atomic E-state index is 8.42. The van der Waals surface area contributed by atoms with E-state index in [1.165, 1.54) is 0 Å². The summed E-state index contributed by atoms with van der Waals surface area (Å²) in [5, 5.41) is 8.42. The molecule has 0 aliphatic rings. The van der Waals surface area contributed by atoms with E-state index in [2.05, 4.69) is 24.8 Å². The molecule has 0 rings (SSSR count). The fraction of sp³-hybridized carbons (Fsp3) is 0.667. The minimum atomic E-state index is 0.489. The smallest absolute Gasteiger partial charge is 0.0873 e. The van der Waals surface area contributed by atoms with Crippen LogP contribution in [-0.4, -0.2) is 24.5 Å². The summed E-state index contributed by atoms with van der Waals surface area (Å²) in [6, 6.07) is 2.12. The van der Waals surface area contributed by atoms with E-state index in [0.29, 0.717) is 6.54 Å². The second-order valence-corrected chi connectivity index (χ2v) is 2.30. The van der Waals surface area contributed by atoms with Crippen LogP contribution in [0.1, 0.15) is 20.3 Å². The monoisotopic (exact) mass is 150 g/mol. The molecule has 0 aliphatic heterocycles. The van der Waals surface area contributed by atoms with Crippen molar-refractivity contribution in [2.24, 2.45) is 0 Å². The lowest BCUT2D eigenvalue weighted by Crippen LogP contribution is -2.25. The SMILES string of the molecule is CC#CCN(CC#N)CCC. The van der Waals surface area contributed by atoms with Crippen molar-refractivity contribution in [2.45, 2.75) is 20.3 Å². The average molecular weight is 150 g/mol.